The van der Waals surface area contributed by atoms with Crippen LogP contribution in [0.1, 0.15) is 28.4 Å². The first-order chi connectivity index (χ1) is 12.2. The maximum atomic E-state index is 12.2. The zero-order valence-electron chi connectivity index (χ0n) is 14.5. The second kappa shape index (κ2) is 7.97. The first-order valence-electron chi connectivity index (χ1n) is 7.68. The van der Waals surface area contributed by atoms with Gasteiger partial charge in [0.2, 0.25) is 0 Å². The lowest BCUT2D eigenvalue weighted by Crippen LogP contribution is -2.22. The van der Waals surface area contributed by atoms with Crippen LogP contribution in [0.4, 0.5) is 11.4 Å². The number of ketones is 1. The number of nitro benzene ring substituents is 1. The van der Waals surface area contributed by atoms with Crippen LogP contribution >= 0.6 is 11.6 Å². The summed E-state index contributed by atoms with van der Waals surface area (Å²) < 4.78 is 5.40. The van der Waals surface area contributed by atoms with Crippen molar-refractivity contribution in [1.29, 1.82) is 0 Å². The average molecular weight is 377 g/mol. The summed E-state index contributed by atoms with van der Waals surface area (Å²) in [6.45, 7) is 4.43. The van der Waals surface area contributed by atoms with E-state index in [1.54, 1.807) is 19.9 Å². The second-order valence-electron chi connectivity index (χ2n) is 5.69. The quantitative estimate of drug-likeness (QED) is 0.465. The van der Waals surface area contributed by atoms with E-state index in [2.05, 4.69) is 5.32 Å². The van der Waals surface area contributed by atoms with Crippen molar-refractivity contribution in [2.75, 3.05) is 11.9 Å². The molecule has 1 amide bonds. The monoisotopic (exact) mass is 376 g/mol. The summed E-state index contributed by atoms with van der Waals surface area (Å²) in [6.07, 6.45) is 0. The fourth-order valence-electron chi connectivity index (χ4n) is 2.33. The minimum atomic E-state index is -0.578. The van der Waals surface area contributed by atoms with E-state index in [4.69, 9.17) is 16.3 Å². The molecular formula is C18H17ClN2O5. The highest BCUT2D eigenvalue weighted by atomic mass is 35.5. The van der Waals surface area contributed by atoms with Crippen LogP contribution < -0.4 is 10.1 Å². The zero-order chi connectivity index (χ0) is 19.4. The van der Waals surface area contributed by atoms with Gasteiger partial charge in [0.1, 0.15) is 11.4 Å². The van der Waals surface area contributed by atoms with Crippen LogP contribution in [0.2, 0.25) is 5.02 Å². The third-order valence-electron chi connectivity index (χ3n) is 3.85. The van der Waals surface area contributed by atoms with E-state index in [0.717, 1.165) is 5.56 Å². The van der Waals surface area contributed by atoms with Gasteiger partial charge in [-0.15, -0.1) is 0 Å². The minimum Gasteiger partial charge on any atom is -0.483 e. The molecule has 2 rings (SSSR count). The first-order valence-corrected chi connectivity index (χ1v) is 8.06. The van der Waals surface area contributed by atoms with Crippen molar-refractivity contribution >= 4 is 34.7 Å². The van der Waals surface area contributed by atoms with Crippen molar-refractivity contribution in [3.8, 4) is 5.75 Å². The Morgan fingerprint density at radius 1 is 1.23 bits per heavy atom. The summed E-state index contributed by atoms with van der Waals surface area (Å²) in [4.78, 5) is 34.5. The average Bonchev–Trinajstić information content (AvgIpc) is 2.57. The summed E-state index contributed by atoms with van der Waals surface area (Å²) >= 11 is 5.86. The summed E-state index contributed by atoms with van der Waals surface area (Å²) in [5.74, 6) is -0.619. The number of ether oxygens (including phenoxy) is 1. The maximum absolute atomic E-state index is 12.2. The largest absolute Gasteiger partial charge is 0.483 e. The predicted octanol–water partition coefficient (Wildman–Crippen LogP) is 4.09. The van der Waals surface area contributed by atoms with Crippen LogP contribution in [0.15, 0.2) is 30.3 Å². The normalized spacial score (nSPS) is 10.3. The molecule has 0 aliphatic heterocycles. The van der Waals surface area contributed by atoms with Crippen LogP contribution in [0.25, 0.3) is 0 Å². The molecule has 0 saturated heterocycles. The van der Waals surface area contributed by atoms with E-state index < -0.39 is 17.4 Å². The van der Waals surface area contributed by atoms with Gasteiger partial charge in [0.05, 0.1) is 10.5 Å². The number of carbonyl (C=O) groups excluding carboxylic acids is 2. The second-order valence-corrected chi connectivity index (χ2v) is 6.13. The number of amides is 1. The molecule has 0 aliphatic carbocycles. The summed E-state index contributed by atoms with van der Waals surface area (Å²) in [5.41, 5.74) is 1.60. The molecule has 0 aromatic heterocycles. The molecule has 2 aromatic rings. The molecule has 1 N–H and O–H groups in total. The Morgan fingerprint density at radius 3 is 2.54 bits per heavy atom. The van der Waals surface area contributed by atoms with Crippen LogP contribution in [0, 0.1) is 24.0 Å². The number of Topliss-reactive ketones (excluding diaryl/α,β-unsaturated/α-hetero) is 1. The highest BCUT2D eigenvalue weighted by Gasteiger charge is 2.20. The molecular weight excluding hydrogens is 360 g/mol. The molecule has 0 aliphatic rings. The predicted molar refractivity (Wildman–Crippen MR) is 98.2 cm³/mol. The Morgan fingerprint density at radius 2 is 1.92 bits per heavy atom. The lowest BCUT2D eigenvalue weighted by Gasteiger charge is -2.13. The Balaban J connectivity index is 2.18. The number of nitro groups is 1. The Labute approximate surface area is 155 Å². The lowest BCUT2D eigenvalue weighted by atomic mass is 10.1. The molecule has 0 unspecified atom stereocenters. The number of hydrogen-bond acceptors (Lipinski definition) is 5. The van der Waals surface area contributed by atoms with Gasteiger partial charge in [-0.2, -0.15) is 0 Å². The molecule has 136 valence electrons. The number of anilines is 1. The Kier molecular flexibility index (Phi) is 5.94. The van der Waals surface area contributed by atoms with E-state index in [-0.39, 0.29) is 28.5 Å². The van der Waals surface area contributed by atoms with Crippen LogP contribution in [-0.4, -0.2) is 23.2 Å². The van der Waals surface area contributed by atoms with Gasteiger partial charge in [0, 0.05) is 11.1 Å². The summed E-state index contributed by atoms with van der Waals surface area (Å²) in [5, 5.41) is 14.1. The zero-order valence-corrected chi connectivity index (χ0v) is 15.2. The van der Waals surface area contributed by atoms with Gasteiger partial charge in [0.25, 0.3) is 11.6 Å². The molecule has 2 aromatic carbocycles. The van der Waals surface area contributed by atoms with Crippen molar-refractivity contribution < 1.29 is 19.2 Å². The number of halogens is 1. The molecule has 0 saturated carbocycles. The number of aryl methyl sites for hydroxylation is 1. The van der Waals surface area contributed by atoms with Gasteiger partial charge in [-0.3, -0.25) is 19.7 Å². The van der Waals surface area contributed by atoms with E-state index in [9.17, 15) is 19.7 Å². The number of carbonyl (C=O) groups is 2. The van der Waals surface area contributed by atoms with Gasteiger partial charge in [-0.25, -0.2) is 0 Å². The highest BCUT2D eigenvalue weighted by Crippen LogP contribution is 2.30. The SMILES string of the molecule is CC(=O)c1cc(Cl)ccc1OCC(=O)Nc1c([N+](=O)[O-])ccc(C)c1C. The van der Waals surface area contributed by atoms with Gasteiger partial charge in [0.15, 0.2) is 12.4 Å². The minimum absolute atomic E-state index is 0.131. The number of rotatable bonds is 6. The number of nitrogens with zero attached hydrogens (tertiary/aromatic N) is 1. The number of nitrogens with one attached hydrogen (secondary N) is 1. The van der Waals surface area contributed by atoms with Gasteiger partial charge < -0.3 is 10.1 Å². The van der Waals surface area contributed by atoms with E-state index in [1.807, 2.05) is 0 Å². The molecule has 26 heavy (non-hydrogen) atoms. The van der Waals surface area contributed by atoms with Crippen molar-refractivity contribution in [3.63, 3.8) is 0 Å². The third-order valence-corrected chi connectivity index (χ3v) is 4.09. The highest BCUT2D eigenvalue weighted by molar-refractivity contribution is 6.31. The molecule has 8 heteroatoms. The van der Waals surface area contributed by atoms with E-state index >= 15 is 0 Å². The standard InChI is InChI=1S/C18H17ClN2O5/c1-10-4-6-15(21(24)25)18(11(10)2)20-17(23)9-26-16-7-5-13(19)8-14(16)12(3)22/h4-8H,9H2,1-3H3,(H,20,23). The lowest BCUT2D eigenvalue weighted by molar-refractivity contribution is -0.384. The third kappa shape index (κ3) is 4.37. The van der Waals surface area contributed by atoms with E-state index in [1.165, 1.54) is 31.2 Å². The van der Waals surface area contributed by atoms with Gasteiger partial charge in [-0.05, 0) is 50.1 Å². The van der Waals surface area contributed by atoms with Gasteiger partial charge in [-0.1, -0.05) is 17.7 Å². The topological polar surface area (TPSA) is 98.5 Å². The van der Waals surface area contributed by atoms with Crippen LogP contribution in [0.5, 0.6) is 5.75 Å². The molecule has 0 fully saturated rings. The first kappa shape index (κ1) is 19.4. The van der Waals surface area contributed by atoms with Crippen LogP contribution in [0.3, 0.4) is 0 Å². The molecule has 0 spiro atoms. The Hall–Kier alpha value is -2.93. The fourth-order valence-corrected chi connectivity index (χ4v) is 2.51. The van der Waals surface area contributed by atoms with Gasteiger partial charge >= 0.3 is 0 Å². The van der Waals surface area contributed by atoms with Crippen molar-refractivity contribution in [3.05, 3.63) is 62.2 Å². The molecule has 0 bridgehead atoms. The molecule has 0 atom stereocenters. The molecule has 7 nitrogen and oxygen atoms in total. The smallest absolute Gasteiger partial charge is 0.293 e. The van der Waals surface area contributed by atoms with Crippen molar-refractivity contribution in [2.45, 2.75) is 20.8 Å². The summed E-state index contributed by atoms with van der Waals surface area (Å²) in [7, 11) is 0. The van der Waals surface area contributed by atoms with Crippen molar-refractivity contribution in [2.24, 2.45) is 0 Å². The fraction of sp³-hybridized carbons (Fsp3) is 0.222. The van der Waals surface area contributed by atoms with Crippen LogP contribution in [-0.2, 0) is 4.79 Å². The summed E-state index contributed by atoms with van der Waals surface area (Å²) in [6, 6.07) is 7.44. The molecule has 0 heterocycles. The van der Waals surface area contributed by atoms with Crippen molar-refractivity contribution in [1.82, 2.24) is 0 Å². The molecule has 0 radical (unpaired) electrons. The maximum Gasteiger partial charge on any atom is 0.293 e. The number of benzene rings is 2. The Bertz CT molecular complexity index is 895. The number of hydrogen-bond donors (Lipinski definition) is 1. The van der Waals surface area contributed by atoms with E-state index in [0.29, 0.717) is 10.6 Å².